The van der Waals surface area contributed by atoms with E-state index < -0.39 is 0 Å². The minimum Gasteiger partial charge on any atom is -0.476 e. The Morgan fingerprint density at radius 3 is 3.21 bits per heavy atom. The van der Waals surface area contributed by atoms with Gasteiger partial charge in [0, 0.05) is 12.1 Å². The van der Waals surface area contributed by atoms with Gasteiger partial charge >= 0.3 is 0 Å². The summed E-state index contributed by atoms with van der Waals surface area (Å²) in [4.78, 5) is 7.73. The lowest BCUT2D eigenvalue weighted by atomic mass is 10.2. The average Bonchev–Trinajstić information content (AvgIpc) is 2.67. The molecule has 0 amide bonds. The van der Waals surface area contributed by atoms with Crippen molar-refractivity contribution in [3.8, 4) is 5.88 Å². The third kappa shape index (κ3) is 2.56. The summed E-state index contributed by atoms with van der Waals surface area (Å²) in [7, 11) is 0. The summed E-state index contributed by atoms with van der Waals surface area (Å²) < 4.78 is 5.47. The van der Waals surface area contributed by atoms with Crippen LogP contribution in [0.4, 0.5) is 0 Å². The van der Waals surface area contributed by atoms with Crippen LogP contribution < -0.4 is 10.1 Å². The van der Waals surface area contributed by atoms with Gasteiger partial charge in [-0.25, -0.2) is 9.97 Å². The fraction of sp³-hybridized carbons (Fsp3) is 0.556. The zero-order chi connectivity index (χ0) is 9.80. The van der Waals surface area contributed by atoms with Crippen LogP contribution >= 0.6 is 11.6 Å². The minimum atomic E-state index is 0.411. The maximum Gasteiger partial charge on any atom is 0.217 e. The molecule has 1 aliphatic heterocycles. The Balaban J connectivity index is 1.85. The Kier molecular flexibility index (Phi) is 3.16. The van der Waals surface area contributed by atoms with Crippen molar-refractivity contribution in [3.63, 3.8) is 0 Å². The molecule has 2 rings (SSSR count). The van der Waals surface area contributed by atoms with Gasteiger partial charge in [-0.15, -0.1) is 0 Å². The molecule has 1 fully saturated rings. The van der Waals surface area contributed by atoms with Crippen molar-refractivity contribution >= 4 is 11.6 Å². The highest BCUT2D eigenvalue weighted by atomic mass is 35.5. The van der Waals surface area contributed by atoms with E-state index in [-0.39, 0.29) is 0 Å². The monoisotopic (exact) mass is 213 g/mol. The number of rotatable bonds is 3. The van der Waals surface area contributed by atoms with Crippen LogP contribution in [0.25, 0.3) is 0 Å². The van der Waals surface area contributed by atoms with Crippen LogP contribution in [-0.4, -0.2) is 29.2 Å². The van der Waals surface area contributed by atoms with Crippen molar-refractivity contribution in [2.24, 2.45) is 0 Å². The number of nitrogens with one attached hydrogen (secondary N) is 1. The van der Waals surface area contributed by atoms with E-state index in [1.54, 1.807) is 6.07 Å². The van der Waals surface area contributed by atoms with Crippen LogP contribution in [-0.2, 0) is 0 Å². The van der Waals surface area contributed by atoms with Gasteiger partial charge in [-0.1, -0.05) is 11.6 Å². The lowest BCUT2D eigenvalue weighted by Crippen LogP contribution is -2.28. The third-order valence-corrected chi connectivity index (χ3v) is 2.41. The molecule has 0 unspecified atom stereocenters. The number of hydrogen-bond acceptors (Lipinski definition) is 4. The van der Waals surface area contributed by atoms with Crippen LogP contribution in [0.5, 0.6) is 5.88 Å². The van der Waals surface area contributed by atoms with E-state index in [1.165, 1.54) is 19.2 Å². The second-order valence-electron chi connectivity index (χ2n) is 3.28. The maximum absolute atomic E-state index is 5.69. The largest absolute Gasteiger partial charge is 0.476 e. The quantitative estimate of drug-likeness (QED) is 0.768. The molecule has 1 atom stereocenters. The first-order valence-corrected chi connectivity index (χ1v) is 5.06. The average molecular weight is 214 g/mol. The Labute approximate surface area is 87.7 Å². The molecule has 0 aromatic carbocycles. The van der Waals surface area contributed by atoms with Gasteiger partial charge in [-0.05, 0) is 19.4 Å². The van der Waals surface area contributed by atoms with Crippen molar-refractivity contribution in [2.45, 2.75) is 18.9 Å². The van der Waals surface area contributed by atoms with E-state index in [9.17, 15) is 0 Å². The number of hydrogen-bond donors (Lipinski definition) is 1. The molecule has 0 aliphatic carbocycles. The van der Waals surface area contributed by atoms with Gasteiger partial charge in [-0.3, -0.25) is 0 Å². The standard InChI is InChI=1S/C9H12ClN3O/c10-8-4-9(13-6-12-8)14-5-7-2-1-3-11-7/h4,6-7,11H,1-3,5H2/t7-/m1/s1. The third-order valence-electron chi connectivity index (χ3n) is 2.20. The fourth-order valence-corrected chi connectivity index (χ4v) is 1.62. The van der Waals surface area contributed by atoms with Gasteiger partial charge in [0.25, 0.3) is 0 Å². The zero-order valence-electron chi connectivity index (χ0n) is 7.74. The van der Waals surface area contributed by atoms with E-state index >= 15 is 0 Å². The highest BCUT2D eigenvalue weighted by Gasteiger charge is 2.14. The number of ether oxygens (including phenoxy) is 1. The second kappa shape index (κ2) is 4.57. The Morgan fingerprint density at radius 1 is 1.57 bits per heavy atom. The highest BCUT2D eigenvalue weighted by Crippen LogP contribution is 2.12. The molecule has 0 bridgehead atoms. The molecule has 0 spiro atoms. The topological polar surface area (TPSA) is 47.0 Å². The van der Waals surface area contributed by atoms with Crippen molar-refractivity contribution in [1.29, 1.82) is 0 Å². The van der Waals surface area contributed by atoms with E-state index in [0.717, 1.165) is 6.54 Å². The summed E-state index contributed by atoms with van der Waals surface area (Å²) in [5, 5.41) is 3.75. The highest BCUT2D eigenvalue weighted by molar-refractivity contribution is 6.29. The molecule has 1 saturated heterocycles. The molecule has 2 heterocycles. The van der Waals surface area contributed by atoms with E-state index in [2.05, 4.69) is 15.3 Å². The van der Waals surface area contributed by atoms with Crippen molar-refractivity contribution in [1.82, 2.24) is 15.3 Å². The molecule has 1 aromatic rings. The predicted molar refractivity (Wildman–Crippen MR) is 53.6 cm³/mol. The number of aromatic nitrogens is 2. The Bertz CT molecular complexity index is 302. The molecule has 0 saturated carbocycles. The molecule has 76 valence electrons. The Hall–Kier alpha value is -0.870. The maximum atomic E-state index is 5.69. The molecule has 4 nitrogen and oxygen atoms in total. The summed E-state index contributed by atoms with van der Waals surface area (Å²) in [6.07, 6.45) is 3.79. The molecule has 0 radical (unpaired) electrons. The zero-order valence-corrected chi connectivity index (χ0v) is 8.50. The van der Waals surface area contributed by atoms with Crippen LogP contribution in [0.1, 0.15) is 12.8 Å². The van der Waals surface area contributed by atoms with Gasteiger partial charge in [0.2, 0.25) is 5.88 Å². The molecular formula is C9H12ClN3O. The van der Waals surface area contributed by atoms with Gasteiger partial charge in [0.15, 0.2) is 0 Å². The van der Waals surface area contributed by atoms with Gasteiger partial charge < -0.3 is 10.1 Å². The second-order valence-corrected chi connectivity index (χ2v) is 3.67. The normalized spacial score (nSPS) is 21.1. The first-order chi connectivity index (χ1) is 6.84. The molecule has 14 heavy (non-hydrogen) atoms. The smallest absolute Gasteiger partial charge is 0.217 e. The minimum absolute atomic E-state index is 0.411. The lowest BCUT2D eigenvalue weighted by Gasteiger charge is -2.10. The van der Waals surface area contributed by atoms with Crippen molar-refractivity contribution < 1.29 is 4.74 Å². The van der Waals surface area contributed by atoms with E-state index in [0.29, 0.717) is 23.7 Å². The SMILES string of the molecule is Clc1cc(OC[C@H]2CCCN2)ncn1. The summed E-state index contributed by atoms with van der Waals surface area (Å²) >= 11 is 5.69. The summed E-state index contributed by atoms with van der Waals surface area (Å²) in [5.41, 5.74) is 0. The molecule has 5 heteroatoms. The predicted octanol–water partition coefficient (Wildman–Crippen LogP) is 1.26. The van der Waals surface area contributed by atoms with Crippen molar-refractivity contribution in [2.75, 3.05) is 13.2 Å². The van der Waals surface area contributed by atoms with E-state index in [1.807, 2.05) is 0 Å². The fourth-order valence-electron chi connectivity index (χ4n) is 1.48. The summed E-state index contributed by atoms with van der Waals surface area (Å²) in [6.45, 7) is 1.73. The first-order valence-electron chi connectivity index (χ1n) is 4.68. The Morgan fingerprint density at radius 2 is 2.50 bits per heavy atom. The molecular weight excluding hydrogens is 202 g/mol. The van der Waals surface area contributed by atoms with Crippen LogP contribution in [0.15, 0.2) is 12.4 Å². The van der Waals surface area contributed by atoms with E-state index in [4.69, 9.17) is 16.3 Å². The molecule has 1 aliphatic rings. The molecule has 1 aromatic heterocycles. The molecule has 1 N–H and O–H groups in total. The van der Waals surface area contributed by atoms with Gasteiger partial charge in [0.1, 0.15) is 18.1 Å². The summed E-state index contributed by atoms with van der Waals surface area (Å²) in [6, 6.07) is 2.07. The number of halogens is 1. The van der Waals surface area contributed by atoms with Crippen LogP contribution in [0.2, 0.25) is 5.15 Å². The van der Waals surface area contributed by atoms with Gasteiger partial charge in [0.05, 0.1) is 0 Å². The first kappa shape index (κ1) is 9.68. The summed E-state index contributed by atoms with van der Waals surface area (Å²) in [5.74, 6) is 0.540. The van der Waals surface area contributed by atoms with Crippen LogP contribution in [0.3, 0.4) is 0 Å². The van der Waals surface area contributed by atoms with Crippen LogP contribution in [0, 0.1) is 0 Å². The van der Waals surface area contributed by atoms with Crippen molar-refractivity contribution in [3.05, 3.63) is 17.5 Å². The number of nitrogens with zero attached hydrogens (tertiary/aromatic N) is 2. The lowest BCUT2D eigenvalue weighted by molar-refractivity contribution is 0.267. The van der Waals surface area contributed by atoms with Gasteiger partial charge in [-0.2, -0.15) is 0 Å².